The van der Waals surface area contributed by atoms with Gasteiger partial charge in [0.25, 0.3) is 11.8 Å². The minimum Gasteiger partial charge on any atom is -0.493 e. The Bertz CT molecular complexity index is 1340. The molecule has 1 atom stereocenters. The molecule has 0 radical (unpaired) electrons. The fourth-order valence-corrected chi connectivity index (χ4v) is 5.04. The van der Waals surface area contributed by atoms with Crippen LogP contribution < -0.4 is 19.7 Å². The first-order chi connectivity index (χ1) is 17.3. The monoisotopic (exact) mass is 536 g/mol. The van der Waals surface area contributed by atoms with Crippen LogP contribution in [0, 0.1) is 5.41 Å². The number of hydrogen-bond donors (Lipinski definition) is 1. The molecule has 11 heteroatoms. The van der Waals surface area contributed by atoms with Gasteiger partial charge in [0, 0.05) is 22.7 Å². The lowest BCUT2D eigenvalue weighted by Crippen LogP contribution is -2.66. The highest BCUT2D eigenvalue weighted by Crippen LogP contribution is 2.53. The van der Waals surface area contributed by atoms with Crippen LogP contribution >= 0.6 is 11.6 Å². The van der Waals surface area contributed by atoms with E-state index in [1.807, 2.05) is 5.32 Å². The van der Waals surface area contributed by atoms with Crippen LogP contribution in [0.3, 0.4) is 0 Å². The van der Waals surface area contributed by atoms with Gasteiger partial charge in [-0.25, -0.2) is 0 Å². The summed E-state index contributed by atoms with van der Waals surface area (Å²) in [6.45, 7) is 3.45. The highest BCUT2D eigenvalue weighted by atomic mass is 35.5. The molecule has 2 amide bonds. The molecule has 1 aliphatic heterocycles. The topological polar surface area (TPSA) is 84.9 Å². The summed E-state index contributed by atoms with van der Waals surface area (Å²) in [5.74, 6) is -3.24. The smallest absolute Gasteiger partial charge is 0.425 e. The minimum absolute atomic E-state index is 0.00359. The molecule has 196 valence electrons. The van der Waals surface area contributed by atoms with Crippen molar-refractivity contribution in [3.05, 3.63) is 64.3 Å². The van der Waals surface area contributed by atoms with Crippen molar-refractivity contribution in [3.8, 4) is 11.5 Å². The second-order valence-corrected chi connectivity index (χ2v) is 10.1. The highest BCUT2D eigenvalue weighted by molar-refractivity contribution is 6.31. The molecule has 0 fully saturated rings. The van der Waals surface area contributed by atoms with Gasteiger partial charge in [-0.2, -0.15) is 13.2 Å². The number of nitrogens with zero attached hydrogens (tertiary/aromatic N) is 1. The first-order valence-electron chi connectivity index (χ1n) is 11.2. The number of methoxy groups -OCH3 is 2. The van der Waals surface area contributed by atoms with Crippen LogP contribution in [-0.4, -0.2) is 43.5 Å². The number of allylic oxidation sites excluding steroid dienone is 1. The third-order valence-electron chi connectivity index (χ3n) is 6.46. The van der Waals surface area contributed by atoms with Gasteiger partial charge in [0.2, 0.25) is 5.54 Å². The van der Waals surface area contributed by atoms with Crippen LogP contribution in [0.15, 0.2) is 53.7 Å². The van der Waals surface area contributed by atoms with E-state index >= 15 is 0 Å². The number of benzene rings is 2. The Kier molecular flexibility index (Phi) is 6.52. The van der Waals surface area contributed by atoms with E-state index in [0.717, 1.165) is 4.90 Å². The van der Waals surface area contributed by atoms with E-state index in [-0.39, 0.29) is 46.3 Å². The summed E-state index contributed by atoms with van der Waals surface area (Å²) >= 11 is 6.07. The molecule has 2 aromatic rings. The molecule has 0 spiro atoms. The average molecular weight is 537 g/mol. The van der Waals surface area contributed by atoms with E-state index in [0.29, 0.717) is 0 Å². The summed E-state index contributed by atoms with van der Waals surface area (Å²) < 4.78 is 55.2. The van der Waals surface area contributed by atoms with Crippen molar-refractivity contribution >= 4 is 34.9 Å². The largest absolute Gasteiger partial charge is 0.493 e. The van der Waals surface area contributed by atoms with Crippen molar-refractivity contribution in [1.29, 1.82) is 0 Å². The Morgan fingerprint density at radius 1 is 1.03 bits per heavy atom. The van der Waals surface area contributed by atoms with Crippen LogP contribution in [0.2, 0.25) is 5.02 Å². The number of ketones is 1. The number of carbonyl (C=O) groups is 3. The van der Waals surface area contributed by atoms with Gasteiger partial charge < -0.3 is 14.8 Å². The van der Waals surface area contributed by atoms with Crippen LogP contribution in [0.4, 0.5) is 18.9 Å². The van der Waals surface area contributed by atoms with Gasteiger partial charge in [0.05, 0.1) is 25.5 Å². The summed E-state index contributed by atoms with van der Waals surface area (Å²) in [4.78, 5) is 41.2. The molecule has 2 aromatic carbocycles. The van der Waals surface area contributed by atoms with Gasteiger partial charge in [-0.1, -0.05) is 31.5 Å². The molecule has 1 heterocycles. The Labute approximate surface area is 216 Å². The fourth-order valence-electron chi connectivity index (χ4n) is 4.86. The number of nitrogens with one attached hydrogen (secondary N) is 1. The predicted molar refractivity (Wildman–Crippen MR) is 130 cm³/mol. The number of halogens is 4. The zero-order valence-electron chi connectivity index (χ0n) is 20.5. The lowest BCUT2D eigenvalue weighted by Gasteiger charge is -2.35. The SMILES string of the molecule is COc1ccc(C(=O)N[C@]2(C(F)(F)F)C(=O)N(c3cccc(Cl)c3)C3=C2C(=O)CC(C)(C)C3)cc1OC. The Balaban J connectivity index is 1.91. The van der Waals surface area contributed by atoms with Gasteiger partial charge in [-0.15, -0.1) is 0 Å². The maximum absolute atomic E-state index is 15.0. The molecule has 7 nitrogen and oxygen atoms in total. The van der Waals surface area contributed by atoms with Gasteiger partial charge in [0.1, 0.15) is 0 Å². The molecule has 1 N–H and O–H groups in total. The van der Waals surface area contributed by atoms with E-state index < -0.39 is 40.3 Å². The van der Waals surface area contributed by atoms with Crippen LogP contribution in [0.5, 0.6) is 11.5 Å². The van der Waals surface area contributed by atoms with Gasteiger partial charge in [0.15, 0.2) is 17.3 Å². The predicted octanol–water partition coefficient (Wildman–Crippen LogP) is 5.08. The number of anilines is 1. The van der Waals surface area contributed by atoms with Crippen molar-refractivity contribution < 1.29 is 37.0 Å². The third-order valence-corrected chi connectivity index (χ3v) is 6.69. The first kappa shape index (κ1) is 26.5. The lowest BCUT2D eigenvalue weighted by molar-refractivity contribution is -0.186. The molecule has 0 aromatic heterocycles. The minimum atomic E-state index is -5.35. The van der Waals surface area contributed by atoms with Crippen molar-refractivity contribution in [1.82, 2.24) is 5.32 Å². The summed E-state index contributed by atoms with van der Waals surface area (Å²) in [6, 6.07) is 9.51. The zero-order chi connectivity index (χ0) is 27.3. The number of amides is 2. The average Bonchev–Trinajstić information content (AvgIpc) is 3.05. The second kappa shape index (κ2) is 9.09. The number of Topliss-reactive ketones (excluding diaryl/α,β-unsaturated/α-hetero) is 1. The highest BCUT2D eigenvalue weighted by Gasteiger charge is 2.72. The van der Waals surface area contributed by atoms with Crippen molar-refractivity contribution in [2.24, 2.45) is 5.41 Å². The van der Waals surface area contributed by atoms with Crippen molar-refractivity contribution in [3.63, 3.8) is 0 Å². The van der Waals surface area contributed by atoms with E-state index in [1.54, 1.807) is 13.8 Å². The fraction of sp³-hybridized carbons (Fsp3) is 0.346. The molecular weight excluding hydrogens is 513 g/mol. The van der Waals surface area contributed by atoms with Crippen molar-refractivity contribution in [2.75, 3.05) is 19.1 Å². The van der Waals surface area contributed by atoms with Crippen LogP contribution in [-0.2, 0) is 9.59 Å². The Morgan fingerprint density at radius 2 is 1.70 bits per heavy atom. The molecule has 0 saturated heterocycles. The van der Waals surface area contributed by atoms with Crippen LogP contribution in [0.25, 0.3) is 0 Å². The number of carbonyl (C=O) groups excluding carboxylic acids is 3. The Hall–Kier alpha value is -3.53. The second-order valence-electron chi connectivity index (χ2n) is 9.65. The number of alkyl halides is 3. The van der Waals surface area contributed by atoms with E-state index in [4.69, 9.17) is 21.1 Å². The first-order valence-corrected chi connectivity index (χ1v) is 11.6. The number of hydrogen-bond acceptors (Lipinski definition) is 5. The van der Waals surface area contributed by atoms with E-state index in [9.17, 15) is 27.6 Å². The molecule has 37 heavy (non-hydrogen) atoms. The quantitative estimate of drug-likeness (QED) is 0.576. The Morgan fingerprint density at radius 3 is 2.30 bits per heavy atom. The lowest BCUT2D eigenvalue weighted by atomic mass is 9.72. The van der Waals surface area contributed by atoms with Crippen molar-refractivity contribution in [2.45, 2.75) is 38.4 Å². The standard InChI is InChI=1S/C26H24ClF3N2O5/c1-24(2)12-17-21(18(33)13-24)25(26(28,29)30,23(35)32(17)16-7-5-6-15(27)11-16)31-22(34)14-8-9-19(36-3)20(10-14)37-4/h5-11H,12-13H2,1-4H3,(H,31,34)/t25-/m0/s1. The molecule has 0 saturated carbocycles. The van der Waals surface area contributed by atoms with Crippen LogP contribution in [0.1, 0.15) is 37.0 Å². The van der Waals surface area contributed by atoms with Gasteiger partial charge >= 0.3 is 6.18 Å². The summed E-state index contributed by atoms with van der Waals surface area (Å²) in [5, 5.41) is 2.08. The molecule has 4 rings (SSSR count). The summed E-state index contributed by atoms with van der Waals surface area (Å²) in [7, 11) is 2.67. The summed E-state index contributed by atoms with van der Waals surface area (Å²) in [6.07, 6.45) is -5.58. The normalized spacial score (nSPS) is 21.1. The maximum Gasteiger partial charge on any atom is 0.425 e. The van der Waals surface area contributed by atoms with Gasteiger partial charge in [-0.05, 0) is 48.2 Å². The molecular formula is C26H24ClF3N2O5. The van der Waals surface area contributed by atoms with Gasteiger partial charge in [-0.3, -0.25) is 19.3 Å². The molecule has 0 unspecified atom stereocenters. The van der Waals surface area contributed by atoms with E-state index in [2.05, 4.69) is 0 Å². The molecule has 2 aliphatic rings. The maximum atomic E-state index is 15.0. The molecule has 1 aliphatic carbocycles. The number of rotatable bonds is 5. The number of ether oxygens (including phenoxy) is 2. The van der Waals surface area contributed by atoms with E-state index in [1.165, 1.54) is 56.7 Å². The summed E-state index contributed by atoms with van der Waals surface area (Å²) in [5.41, 5.74) is -5.37. The molecule has 0 bridgehead atoms. The zero-order valence-corrected chi connectivity index (χ0v) is 21.2. The third kappa shape index (κ3) is 4.33.